The molecule has 0 saturated carbocycles. The normalized spacial score (nSPS) is 30.5. The summed E-state index contributed by atoms with van der Waals surface area (Å²) in [5, 5.41) is 0. The van der Waals surface area contributed by atoms with Gasteiger partial charge in [0.15, 0.2) is 0 Å². The Morgan fingerprint density at radius 1 is 1.05 bits per heavy atom. The van der Waals surface area contributed by atoms with Gasteiger partial charge in [-0.15, -0.1) is 0 Å². The molecule has 0 aliphatic carbocycles. The third-order valence-electron chi connectivity index (χ3n) is 5.14. The fourth-order valence-electron chi connectivity index (χ4n) is 3.65. The van der Waals surface area contributed by atoms with Gasteiger partial charge in [-0.2, -0.15) is 17.0 Å². The van der Waals surface area contributed by atoms with E-state index in [4.69, 9.17) is 5.73 Å². The van der Waals surface area contributed by atoms with E-state index in [-0.39, 0.29) is 6.04 Å². The maximum atomic E-state index is 12.9. The molecular formula is C15H31N3O2S. The van der Waals surface area contributed by atoms with E-state index in [1.807, 2.05) is 0 Å². The Hall–Kier alpha value is -0.170. The van der Waals surface area contributed by atoms with Crippen molar-refractivity contribution in [2.24, 2.45) is 17.6 Å². The largest absolute Gasteiger partial charge is 0.329 e. The Labute approximate surface area is 130 Å². The van der Waals surface area contributed by atoms with Gasteiger partial charge in [-0.1, -0.05) is 20.3 Å². The van der Waals surface area contributed by atoms with E-state index in [2.05, 4.69) is 13.8 Å². The second-order valence-corrected chi connectivity index (χ2v) is 8.72. The highest BCUT2D eigenvalue weighted by Gasteiger charge is 2.36. The molecule has 2 fully saturated rings. The van der Waals surface area contributed by atoms with Gasteiger partial charge in [-0.05, 0) is 43.9 Å². The summed E-state index contributed by atoms with van der Waals surface area (Å²) < 4.78 is 29.3. The van der Waals surface area contributed by atoms with E-state index in [0.29, 0.717) is 38.0 Å². The summed E-state index contributed by atoms with van der Waals surface area (Å²) in [7, 11) is -3.33. The molecule has 0 aromatic rings. The third-order valence-corrected chi connectivity index (χ3v) is 7.23. The summed E-state index contributed by atoms with van der Waals surface area (Å²) in [4.78, 5) is 0. The van der Waals surface area contributed by atoms with E-state index in [1.165, 1.54) is 0 Å². The van der Waals surface area contributed by atoms with Crippen LogP contribution < -0.4 is 5.73 Å². The van der Waals surface area contributed by atoms with Crippen molar-refractivity contribution < 1.29 is 8.42 Å². The monoisotopic (exact) mass is 317 g/mol. The Morgan fingerprint density at radius 2 is 1.81 bits per heavy atom. The third kappa shape index (κ3) is 3.97. The fourth-order valence-corrected chi connectivity index (χ4v) is 5.58. The predicted octanol–water partition coefficient (Wildman–Crippen LogP) is 1.80. The second kappa shape index (κ2) is 7.40. The van der Waals surface area contributed by atoms with Crippen LogP contribution in [0.4, 0.5) is 0 Å². The minimum atomic E-state index is -3.33. The maximum Gasteiger partial charge on any atom is 0.282 e. The Bertz CT molecular complexity index is 425. The molecule has 2 rings (SSSR count). The average Bonchev–Trinajstić information content (AvgIpc) is 2.73. The summed E-state index contributed by atoms with van der Waals surface area (Å²) in [6, 6.07) is -0.00658. The van der Waals surface area contributed by atoms with Crippen molar-refractivity contribution in [2.45, 2.75) is 58.4 Å². The molecule has 0 amide bonds. The number of nitrogens with two attached hydrogens (primary N) is 1. The Kier molecular flexibility index (Phi) is 6.05. The van der Waals surface area contributed by atoms with Crippen LogP contribution in [0.3, 0.4) is 0 Å². The quantitative estimate of drug-likeness (QED) is 0.860. The zero-order chi connectivity index (χ0) is 15.5. The van der Waals surface area contributed by atoms with Crippen molar-refractivity contribution >= 4 is 10.2 Å². The molecule has 2 N–H and O–H groups in total. The van der Waals surface area contributed by atoms with Gasteiger partial charge in [0.1, 0.15) is 0 Å². The van der Waals surface area contributed by atoms with Crippen molar-refractivity contribution in [2.75, 3.05) is 26.2 Å². The summed E-state index contributed by atoms with van der Waals surface area (Å²) in [6.07, 6.45) is 6.05. The molecule has 0 aromatic heterocycles. The van der Waals surface area contributed by atoms with Crippen molar-refractivity contribution in [3.05, 3.63) is 0 Å². The molecule has 0 bridgehead atoms. The minimum Gasteiger partial charge on any atom is -0.329 e. The molecule has 2 aliphatic heterocycles. The van der Waals surface area contributed by atoms with Gasteiger partial charge in [0.2, 0.25) is 0 Å². The van der Waals surface area contributed by atoms with Crippen LogP contribution in [0.5, 0.6) is 0 Å². The highest BCUT2D eigenvalue weighted by atomic mass is 32.2. The zero-order valence-corrected chi connectivity index (χ0v) is 14.3. The first-order valence-electron chi connectivity index (χ1n) is 8.43. The smallest absolute Gasteiger partial charge is 0.282 e. The Balaban J connectivity index is 2.08. The fraction of sp³-hybridized carbons (Fsp3) is 1.00. The van der Waals surface area contributed by atoms with Crippen LogP contribution in [0, 0.1) is 11.8 Å². The average molecular weight is 317 g/mol. The highest BCUT2D eigenvalue weighted by molar-refractivity contribution is 7.86. The summed E-state index contributed by atoms with van der Waals surface area (Å²) in [5.41, 5.74) is 5.79. The van der Waals surface area contributed by atoms with Crippen molar-refractivity contribution in [3.63, 3.8) is 0 Å². The lowest BCUT2D eigenvalue weighted by molar-refractivity contribution is 0.235. The summed E-state index contributed by atoms with van der Waals surface area (Å²) >= 11 is 0. The number of hydrogen-bond acceptors (Lipinski definition) is 3. The van der Waals surface area contributed by atoms with Crippen LogP contribution in [0.2, 0.25) is 0 Å². The van der Waals surface area contributed by atoms with Crippen molar-refractivity contribution in [1.82, 2.24) is 8.61 Å². The molecule has 0 radical (unpaired) electrons. The van der Waals surface area contributed by atoms with Crippen LogP contribution in [0.15, 0.2) is 0 Å². The van der Waals surface area contributed by atoms with Crippen LogP contribution >= 0.6 is 0 Å². The maximum absolute atomic E-state index is 12.9. The van der Waals surface area contributed by atoms with Gasteiger partial charge in [-0.3, -0.25) is 0 Å². The summed E-state index contributed by atoms with van der Waals surface area (Å²) in [6.45, 7) is 6.88. The first-order chi connectivity index (χ1) is 9.96. The van der Waals surface area contributed by atoms with Gasteiger partial charge >= 0.3 is 0 Å². The van der Waals surface area contributed by atoms with Crippen LogP contribution in [0.1, 0.15) is 52.4 Å². The molecule has 6 heteroatoms. The van der Waals surface area contributed by atoms with E-state index in [1.54, 1.807) is 8.61 Å². The zero-order valence-electron chi connectivity index (χ0n) is 13.5. The molecule has 21 heavy (non-hydrogen) atoms. The molecule has 0 aromatic carbocycles. The van der Waals surface area contributed by atoms with Crippen molar-refractivity contribution in [1.29, 1.82) is 0 Å². The second-order valence-electron chi connectivity index (χ2n) is 6.84. The molecule has 2 atom stereocenters. The molecule has 5 nitrogen and oxygen atoms in total. The van der Waals surface area contributed by atoms with Crippen LogP contribution in [-0.2, 0) is 10.2 Å². The molecular weight excluding hydrogens is 286 g/mol. The lowest BCUT2D eigenvalue weighted by Gasteiger charge is -2.37. The van der Waals surface area contributed by atoms with E-state index >= 15 is 0 Å². The Morgan fingerprint density at radius 3 is 2.48 bits per heavy atom. The molecule has 2 aliphatic rings. The highest BCUT2D eigenvalue weighted by Crippen LogP contribution is 2.28. The van der Waals surface area contributed by atoms with E-state index in [0.717, 1.165) is 38.5 Å². The lowest BCUT2D eigenvalue weighted by Crippen LogP contribution is -2.53. The topological polar surface area (TPSA) is 66.6 Å². The van der Waals surface area contributed by atoms with Crippen molar-refractivity contribution in [3.8, 4) is 0 Å². The van der Waals surface area contributed by atoms with E-state index < -0.39 is 10.2 Å². The van der Waals surface area contributed by atoms with Gasteiger partial charge in [-0.25, -0.2) is 0 Å². The molecule has 124 valence electrons. The minimum absolute atomic E-state index is 0.00658. The first-order valence-corrected chi connectivity index (χ1v) is 9.83. The van der Waals surface area contributed by atoms with Crippen LogP contribution in [0.25, 0.3) is 0 Å². The number of piperidine rings is 1. The number of hydrogen-bond donors (Lipinski definition) is 1. The van der Waals surface area contributed by atoms with Gasteiger partial charge in [0.25, 0.3) is 10.2 Å². The number of rotatable bonds is 4. The molecule has 2 heterocycles. The van der Waals surface area contributed by atoms with Gasteiger partial charge < -0.3 is 5.73 Å². The van der Waals surface area contributed by atoms with Crippen LogP contribution in [-0.4, -0.2) is 49.2 Å². The predicted molar refractivity (Wildman–Crippen MR) is 86.1 cm³/mol. The molecule has 2 unspecified atom stereocenters. The standard InChI is InChI=1S/C15H31N3O2S/c1-13(2)14-6-5-9-17(11-8-14)21(19,20)18-10-4-3-7-15(18)12-16/h13-15H,3-12,16H2,1-2H3. The summed E-state index contributed by atoms with van der Waals surface area (Å²) in [5.74, 6) is 1.29. The first kappa shape index (κ1) is 17.2. The van der Waals surface area contributed by atoms with Gasteiger partial charge in [0.05, 0.1) is 0 Å². The van der Waals surface area contributed by atoms with Gasteiger partial charge in [0, 0.05) is 32.2 Å². The SMILES string of the molecule is CC(C)C1CCCN(S(=O)(=O)N2CCCCC2CN)CC1. The van der Waals surface area contributed by atoms with E-state index in [9.17, 15) is 8.42 Å². The molecule has 0 spiro atoms. The molecule has 2 saturated heterocycles. The number of nitrogens with zero attached hydrogens (tertiary/aromatic N) is 2. The lowest BCUT2D eigenvalue weighted by atomic mass is 9.89.